The number of aryl methyl sites for hydroxylation is 1. The third-order valence-electron chi connectivity index (χ3n) is 3.24. The lowest BCUT2D eigenvalue weighted by molar-refractivity contribution is 0.408. The largest absolute Gasteiger partial charge is 0.496 e. The van der Waals surface area contributed by atoms with Crippen molar-refractivity contribution in [1.82, 2.24) is 0 Å². The van der Waals surface area contributed by atoms with Crippen LogP contribution in [0.25, 0.3) is 0 Å². The monoisotopic (exact) mass is 259 g/mol. The molecule has 100 valence electrons. The fourth-order valence-corrected chi connectivity index (χ4v) is 2.12. The van der Waals surface area contributed by atoms with Crippen LogP contribution in [0.2, 0.25) is 0 Å². The van der Waals surface area contributed by atoms with E-state index in [1.54, 1.807) is 26.2 Å². The van der Waals surface area contributed by atoms with E-state index < -0.39 is 0 Å². The van der Waals surface area contributed by atoms with Gasteiger partial charge >= 0.3 is 0 Å². The molecule has 0 aliphatic rings. The molecule has 2 aromatic rings. The minimum Gasteiger partial charge on any atom is -0.496 e. The van der Waals surface area contributed by atoms with Gasteiger partial charge in [-0.1, -0.05) is 30.3 Å². The number of rotatable bonds is 4. The molecule has 2 rings (SSSR count). The van der Waals surface area contributed by atoms with Gasteiger partial charge in [-0.25, -0.2) is 4.39 Å². The summed E-state index contributed by atoms with van der Waals surface area (Å²) in [6, 6.07) is 12.6. The lowest BCUT2D eigenvalue weighted by Gasteiger charge is -2.15. The SMILES string of the molecule is COc1ccccc1CC(N)c1ccc(F)c(C)c1. The Kier molecular flexibility index (Phi) is 4.17. The number of halogens is 1. The van der Waals surface area contributed by atoms with Crippen LogP contribution in [0.5, 0.6) is 5.75 Å². The highest BCUT2D eigenvalue weighted by Crippen LogP contribution is 2.24. The van der Waals surface area contributed by atoms with Gasteiger partial charge in [-0.2, -0.15) is 0 Å². The second kappa shape index (κ2) is 5.85. The summed E-state index contributed by atoms with van der Waals surface area (Å²) < 4.78 is 18.6. The Morgan fingerprint density at radius 2 is 1.95 bits per heavy atom. The summed E-state index contributed by atoms with van der Waals surface area (Å²) in [4.78, 5) is 0. The molecule has 0 bridgehead atoms. The van der Waals surface area contributed by atoms with Crippen LogP contribution in [0.4, 0.5) is 4.39 Å². The van der Waals surface area contributed by atoms with Crippen molar-refractivity contribution in [2.75, 3.05) is 7.11 Å². The standard InChI is InChI=1S/C16H18FNO/c1-11-9-12(7-8-14(11)17)15(18)10-13-5-3-4-6-16(13)19-2/h3-9,15H,10,18H2,1-2H3. The summed E-state index contributed by atoms with van der Waals surface area (Å²) in [5.41, 5.74) is 8.80. The van der Waals surface area contributed by atoms with Crippen molar-refractivity contribution in [3.8, 4) is 5.75 Å². The predicted molar refractivity (Wildman–Crippen MR) is 74.8 cm³/mol. The molecule has 0 aliphatic carbocycles. The Bertz CT molecular complexity index is 568. The van der Waals surface area contributed by atoms with Crippen LogP contribution in [0.15, 0.2) is 42.5 Å². The summed E-state index contributed by atoms with van der Waals surface area (Å²) in [6.07, 6.45) is 0.662. The third-order valence-corrected chi connectivity index (χ3v) is 3.24. The Morgan fingerprint density at radius 3 is 2.63 bits per heavy atom. The molecule has 0 amide bonds. The molecule has 3 heteroatoms. The quantitative estimate of drug-likeness (QED) is 0.913. The molecule has 0 radical (unpaired) electrons. The number of benzene rings is 2. The van der Waals surface area contributed by atoms with Crippen LogP contribution < -0.4 is 10.5 Å². The fourth-order valence-electron chi connectivity index (χ4n) is 2.12. The van der Waals surface area contributed by atoms with E-state index in [2.05, 4.69) is 0 Å². The minimum absolute atomic E-state index is 0.171. The Balaban J connectivity index is 2.20. The highest BCUT2D eigenvalue weighted by atomic mass is 19.1. The van der Waals surface area contributed by atoms with Crippen molar-refractivity contribution < 1.29 is 9.13 Å². The second-order valence-electron chi connectivity index (χ2n) is 4.63. The maximum atomic E-state index is 13.2. The van der Waals surface area contributed by atoms with Crippen LogP contribution in [0.3, 0.4) is 0 Å². The van der Waals surface area contributed by atoms with Gasteiger partial charge in [0.1, 0.15) is 11.6 Å². The average Bonchev–Trinajstić information content (AvgIpc) is 2.42. The molecule has 1 unspecified atom stereocenters. The zero-order valence-corrected chi connectivity index (χ0v) is 11.2. The molecule has 0 saturated heterocycles. The van der Waals surface area contributed by atoms with E-state index in [-0.39, 0.29) is 11.9 Å². The van der Waals surface area contributed by atoms with E-state index in [9.17, 15) is 4.39 Å². The molecule has 0 spiro atoms. The summed E-state index contributed by atoms with van der Waals surface area (Å²) in [6.45, 7) is 1.74. The highest BCUT2D eigenvalue weighted by molar-refractivity contribution is 5.35. The molecule has 19 heavy (non-hydrogen) atoms. The van der Waals surface area contributed by atoms with Crippen molar-refractivity contribution in [2.45, 2.75) is 19.4 Å². The zero-order valence-electron chi connectivity index (χ0n) is 11.2. The van der Waals surface area contributed by atoms with Gasteiger partial charge in [-0.05, 0) is 42.2 Å². The van der Waals surface area contributed by atoms with Crippen LogP contribution in [0.1, 0.15) is 22.7 Å². The molecule has 2 N–H and O–H groups in total. The first kappa shape index (κ1) is 13.6. The number of hydrogen-bond donors (Lipinski definition) is 1. The molecule has 0 aliphatic heterocycles. The first-order valence-electron chi connectivity index (χ1n) is 6.25. The molecule has 0 heterocycles. The van der Waals surface area contributed by atoms with Gasteiger partial charge in [0, 0.05) is 6.04 Å². The molecule has 0 fully saturated rings. The highest BCUT2D eigenvalue weighted by Gasteiger charge is 2.11. The van der Waals surface area contributed by atoms with E-state index in [1.165, 1.54) is 6.07 Å². The van der Waals surface area contributed by atoms with Gasteiger partial charge in [0.15, 0.2) is 0 Å². The van der Waals surface area contributed by atoms with E-state index >= 15 is 0 Å². The lowest BCUT2D eigenvalue weighted by Crippen LogP contribution is -2.14. The predicted octanol–water partition coefficient (Wildman–Crippen LogP) is 3.39. The van der Waals surface area contributed by atoms with Crippen molar-refractivity contribution in [1.29, 1.82) is 0 Å². The maximum absolute atomic E-state index is 13.2. The molecule has 1 atom stereocenters. The first-order valence-corrected chi connectivity index (χ1v) is 6.25. The van der Waals surface area contributed by atoms with E-state index in [1.807, 2.05) is 24.3 Å². The van der Waals surface area contributed by atoms with Crippen LogP contribution in [-0.2, 0) is 6.42 Å². The van der Waals surface area contributed by atoms with Gasteiger partial charge in [-0.3, -0.25) is 0 Å². The summed E-state index contributed by atoms with van der Waals surface area (Å²) in [5, 5.41) is 0. The van der Waals surface area contributed by atoms with Crippen LogP contribution >= 0.6 is 0 Å². The molecule has 2 aromatic carbocycles. The first-order chi connectivity index (χ1) is 9.11. The van der Waals surface area contributed by atoms with E-state index in [0.29, 0.717) is 12.0 Å². The summed E-state index contributed by atoms with van der Waals surface area (Å²) >= 11 is 0. The van der Waals surface area contributed by atoms with Crippen molar-refractivity contribution >= 4 is 0 Å². The van der Waals surface area contributed by atoms with Gasteiger partial charge in [0.05, 0.1) is 7.11 Å². The third kappa shape index (κ3) is 3.12. The van der Waals surface area contributed by atoms with Gasteiger partial charge in [-0.15, -0.1) is 0 Å². The number of hydrogen-bond acceptors (Lipinski definition) is 2. The Labute approximate surface area is 113 Å². The maximum Gasteiger partial charge on any atom is 0.126 e. The summed E-state index contributed by atoms with van der Waals surface area (Å²) in [5.74, 6) is 0.630. The zero-order chi connectivity index (χ0) is 13.8. The molecular weight excluding hydrogens is 241 g/mol. The molecule has 2 nitrogen and oxygen atoms in total. The van der Waals surface area contributed by atoms with Crippen molar-refractivity contribution in [3.63, 3.8) is 0 Å². The number of ether oxygens (including phenoxy) is 1. The number of para-hydroxylation sites is 1. The fraction of sp³-hybridized carbons (Fsp3) is 0.250. The van der Waals surface area contributed by atoms with Crippen molar-refractivity contribution in [3.05, 3.63) is 65.0 Å². The van der Waals surface area contributed by atoms with Gasteiger partial charge < -0.3 is 10.5 Å². The van der Waals surface area contributed by atoms with Crippen LogP contribution in [0, 0.1) is 12.7 Å². The second-order valence-corrected chi connectivity index (χ2v) is 4.63. The van der Waals surface area contributed by atoms with Crippen LogP contribution in [-0.4, -0.2) is 7.11 Å². The molecular formula is C16H18FNO. The Morgan fingerprint density at radius 1 is 1.21 bits per heavy atom. The topological polar surface area (TPSA) is 35.2 Å². The number of methoxy groups -OCH3 is 1. The van der Waals surface area contributed by atoms with E-state index in [0.717, 1.165) is 16.9 Å². The van der Waals surface area contributed by atoms with Crippen molar-refractivity contribution in [2.24, 2.45) is 5.73 Å². The number of nitrogens with two attached hydrogens (primary N) is 1. The molecule has 0 aromatic heterocycles. The minimum atomic E-state index is -0.201. The van der Waals surface area contributed by atoms with Gasteiger partial charge in [0.25, 0.3) is 0 Å². The smallest absolute Gasteiger partial charge is 0.126 e. The van der Waals surface area contributed by atoms with E-state index in [4.69, 9.17) is 10.5 Å². The lowest BCUT2D eigenvalue weighted by atomic mass is 9.98. The van der Waals surface area contributed by atoms with Gasteiger partial charge in [0.2, 0.25) is 0 Å². The molecule has 0 saturated carbocycles. The average molecular weight is 259 g/mol. The summed E-state index contributed by atoms with van der Waals surface area (Å²) in [7, 11) is 1.65. The Hall–Kier alpha value is -1.87. The normalized spacial score (nSPS) is 12.2.